The maximum absolute atomic E-state index is 15.2. The molecule has 5 heterocycles. The third kappa shape index (κ3) is 6.28. The SMILES string of the molecule is CC1(NC(=O)c2nc3ccc(Oc4ncc(Cl)cc4OCC(F)F)nc3n2CC2(F)COC2)CCS(=O)CC1. The van der Waals surface area contributed by atoms with E-state index < -0.39 is 40.9 Å². The minimum absolute atomic E-state index is 0.0215. The second kappa shape index (κ2) is 10.9. The standard InChI is InChI=1S/C24H25ClF3N5O5S/c1-23(4-6-39(35)7-5-23)32-21(34)20-30-15-2-3-18(31-19(15)33(20)11-24(28)12-36-13-24)38-22-16(37-10-17(26)27)8-14(25)9-29-22/h2-3,8-9,17H,4-7,10-13H2,1H3,(H,32,34). The van der Waals surface area contributed by atoms with Crippen LogP contribution in [0.3, 0.4) is 0 Å². The van der Waals surface area contributed by atoms with Crippen LogP contribution in [0.2, 0.25) is 5.02 Å². The Morgan fingerprint density at radius 1 is 1.28 bits per heavy atom. The Morgan fingerprint density at radius 3 is 2.69 bits per heavy atom. The second-order valence-corrected chi connectivity index (χ2v) is 11.9. The van der Waals surface area contributed by atoms with Gasteiger partial charge in [-0.2, -0.15) is 4.98 Å². The number of hydrogen-bond donors (Lipinski definition) is 1. The maximum Gasteiger partial charge on any atom is 0.287 e. The molecular formula is C24H25ClF3N5O5S. The van der Waals surface area contributed by atoms with E-state index in [1.165, 1.54) is 29.0 Å². The average molecular weight is 588 g/mol. The van der Waals surface area contributed by atoms with Gasteiger partial charge in [-0.05, 0) is 25.8 Å². The first-order chi connectivity index (χ1) is 18.5. The molecule has 0 atom stereocenters. The highest BCUT2D eigenvalue weighted by molar-refractivity contribution is 7.85. The Balaban J connectivity index is 1.47. The molecule has 0 aromatic carbocycles. The van der Waals surface area contributed by atoms with Crippen molar-refractivity contribution in [2.75, 3.05) is 31.3 Å². The van der Waals surface area contributed by atoms with E-state index >= 15 is 4.39 Å². The molecule has 0 aliphatic carbocycles. The molecule has 39 heavy (non-hydrogen) atoms. The normalized spacial score (nSPS) is 22.5. The van der Waals surface area contributed by atoms with Gasteiger partial charge in [-0.3, -0.25) is 9.00 Å². The summed E-state index contributed by atoms with van der Waals surface area (Å²) in [6.07, 6.45) is -0.409. The maximum atomic E-state index is 15.2. The van der Waals surface area contributed by atoms with E-state index in [9.17, 15) is 17.8 Å². The highest BCUT2D eigenvalue weighted by Crippen LogP contribution is 2.33. The van der Waals surface area contributed by atoms with Crippen LogP contribution < -0.4 is 14.8 Å². The Kier molecular flexibility index (Phi) is 7.71. The number of carbonyl (C=O) groups excluding carboxylic acids is 1. The van der Waals surface area contributed by atoms with Gasteiger partial charge in [-0.25, -0.2) is 23.1 Å². The molecule has 2 aliphatic heterocycles. The Morgan fingerprint density at radius 2 is 2.03 bits per heavy atom. The summed E-state index contributed by atoms with van der Waals surface area (Å²) in [5, 5.41) is 3.13. The number of fused-ring (bicyclic) bond motifs is 1. The number of ether oxygens (including phenoxy) is 3. The fraction of sp³-hybridized carbons (Fsp3) is 0.500. The fourth-order valence-electron chi connectivity index (χ4n) is 4.26. The number of carbonyl (C=O) groups is 1. The van der Waals surface area contributed by atoms with Crippen molar-refractivity contribution in [1.82, 2.24) is 24.8 Å². The van der Waals surface area contributed by atoms with Crippen LogP contribution in [0.25, 0.3) is 11.2 Å². The number of aromatic nitrogens is 4. The molecule has 0 unspecified atom stereocenters. The van der Waals surface area contributed by atoms with Crippen molar-refractivity contribution in [3.05, 3.63) is 35.2 Å². The summed E-state index contributed by atoms with van der Waals surface area (Å²) in [4.78, 5) is 26.2. The van der Waals surface area contributed by atoms with E-state index in [1.54, 1.807) is 0 Å². The number of pyridine rings is 2. The smallest absolute Gasteiger partial charge is 0.287 e. The molecule has 10 nitrogen and oxygen atoms in total. The molecule has 1 N–H and O–H groups in total. The number of alkyl halides is 3. The van der Waals surface area contributed by atoms with E-state index in [0.717, 1.165) is 0 Å². The van der Waals surface area contributed by atoms with E-state index in [-0.39, 0.29) is 53.8 Å². The molecule has 2 saturated heterocycles. The molecule has 2 aliphatic rings. The van der Waals surface area contributed by atoms with Gasteiger partial charge in [0.05, 0.1) is 24.8 Å². The Hall–Kier alpha value is -2.97. The molecule has 0 spiro atoms. The number of imidazole rings is 1. The summed E-state index contributed by atoms with van der Waals surface area (Å²) in [5.41, 5.74) is -1.83. The van der Waals surface area contributed by atoms with Crippen molar-refractivity contribution in [2.24, 2.45) is 0 Å². The van der Waals surface area contributed by atoms with Crippen LogP contribution in [-0.2, 0) is 22.1 Å². The molecule has 210 valence electrons. The predicted octanol–water partition coefficient (Wildman–Crippen LogP) is 3.69. The molecule has 3 aromatic rings. The minimum atomic E-state index is -2.73. The van der Waals surface area contributed by atoms with Crippen LogP contribution >= 0.6 is 11.6 Å². The number of nitrogens with one attached hydrogen (secondary N) is 1. The van der Waals surface area contributed by atoms with Crippen molar-refractivity contribution < 1.29 is 36.4 Å². The molecule has 0 saturated carbocycles. The lowest BCUT2D eigenvalue weighted by Gasteiger charge is -2.35. The quantitative estimate of drug-likeness (QED) is 0.403. The number of halogens is 4. The number of amides is 1. The summed E-state index contributed by atoms with van der Waals surface area (Å²) < 4.78 is 69.6. The van der Waals surface area contributed by atoms with Crippen LogP contribution in [0, 0.1) is 0 Å². The average Bonchev–Trinajstić information content (AvgIpc) is 3.22. The molecule has 0 bridgehead atoms. The van der Waals surface area contributed by atoms with Crippen LogP contribution in [0.5, 0.6) is 17.5 Å². The predicted molar refractivity (Wildman–Crippen MR) is 136 cm³/mol. The first-order valence-electron chi connectivity index (χ1n) is 12.1. The van der Waals surface area contributed by atoms with Gasteiger partial charge < -0.3 is 24.1 Å². The minimum Gasteiger partial charge on any atom is -0.482 e. The summed E-state index contributed by atoms with van der Waals surface area (Å²) in [6, 6.07) is 4.26. The number of nitrogens with zero attached hydrogens (tertiary/aromatic N) is 4. The van der Waals surface area contributed by atoms with E-state index in [4.69, 9.17) is 25.8 Å². The zero-order valence-corrected chi connectivity index (χ0v) is 22.4. The third-order valence-electron chi connectivity index (χ3n) is 6.46. The van der Waals surface area contributed by atoms with Gasteiger partial charge in [0.2, 0.25) is 11.7 Å². The van der Waals surface area contributed by atoms with Gasteiger partial charge in [0.15, 0.2) is 17.1 Å². The van der Waals surface area contributed by atoms with Gasteiger partial charge in [0.25, 0.3) is 18.2 Å². The van der Waals surface area contributed by atoms with Crippen LogP contribution in [-0.4, -0.2) is 78.6 Å². The summed E-state index contributed by atoms with van der Waals surface area (Å²) in [6.45, 7) is 0.443. The van der Waals surface area contributed by atoms with E-state index in [0.29, 0.717) is 29.9 Å². The van der Waals surface area contributed by atoms with Gasteiger partial charge in [0.1, 0.15) is 12.1 Å². The van der Waals surface area contributed by atoms with Crippen LogP contribution in [0.1, 0.15) is 30.4 Å². The number of hydrogen-bond acceptors (Lipinski definition) is 8. The molecule has 15 heteroatoms. The van der Waals surface area contributed by atoms with Crippen molar-refractivity contribution >= 4 is 39.5 Å². The van der Waals surface area contributed by atoms with E-state index in [1.807, 2.05) is 6.92 Å². The molecule has 3 aromatic heterocycles. The lowest BCUT2D eigenvalue weighted by atomic mass is 9.95. The third-order valence-corrected chi connectivity index (χ3v) is 7.99. The second-order valence-electron chi connectivity index (χ2n) is 9.78. The lowest BCUT2D eigenvalue weighted by Crippen LogP contribution is -2.52. The highest BCUT2D eigenvalue weighted by atomic mass is 35.5. The molecule has 0 radical (unpaired) electrons. The van der Waals surface area contributed by atoms with E-state index in [2.05, 4.69) is 20.3 Å². The summed E-state index contributed by atoms with van der Waals surface area (Å²) in [5.74, 6) is 0.0900. The molecular weight excluding hydrogens is 563 g/mol. The fourth-order valence-corrected chi connectivity index (χ4v) is 5.97. The zero-order chi connectivity index (χ0) is 27.8. The monoisotopic (exact) mass is 587 g/mol. The topological polar surface area (TPSA) is 117 Å². The molecule has 2 fully saturated rings. The highest BCUT2D eigenvalue weighted by Gasteiger charge is 2.41. The van der Waals surface area contributed by atoms with Gasteiger partial charge >= 0.3 is 0 Å². The largest absolute Gasteiger partial charge is 0.482 e. The Labute approximate surface area is 228 Å². The van der Waals surface area contributed by atoms with Gasteiger partial charge in [-0.15, -0.1) is 0 Å². The van der Waals surface area contributed by atoms with Crippen molar-refractivity contribution in [2.45, 2.75) is 43.9 Å². The van der Waals surface area contributed by atoms with Crippen molar-refractivity contribution in [3.63, 3.8) is 0 Å². The first-order valence-corrected chi connectivity index (χ1v) is 13.9. The Bertz CT molecular complexity index is 1410. The molecule has 1 amide bonds. The summed E-state index contributed by atoms with van der Waals surface area (Å²) >= 11 is 5.92. The van der Waals surface area contributed by atoms with Gasteiger partial charge in [-0.1, -0.05) is 11.6 Å². The zero-order valence-electron chi connectivity index (χ0n) is 20.8. The van der Waals surface area contributed by atoms with Crippen LogP contribution in [0.15, 0.2) is 24.4 Å². The molecule has 5 rings (SSSR count). The first kappa shape index (κ1) is 27.6. The van der Waals surface area contributed by atoms with Crippen molar-refractivity contribution in [1.29, 1.82) is 0 Å². The van der Waals surface area contributed by atoms with Crippen molar-refractivity contribution in [3.8, 4) is 17.5 Å². The lowest BCUT2D eigenvalue weighted by molar-refractivity contribution is -0.137. The van der Waals surface area contributed by atoms with Crippen LogP contribution in [0.4, 0.5) is 13.2 Å². The van der Waals surface area contributed by atoms with Gasteiger partial charge in [0, 0.05) is 46.2 Å². The summed E-state index contributed by atoms with van der Waals surface area (Å²) in [7, 11) is -0.915. The number of rotatable bonds is 9.